The van der Waals surface area contributed by atoms with E-state index in [0.717, 1.165) is 42.0 Å². The molecule has 1 aromatic rings. The average molecular weight is 362 g/mol. The number of thioether (sulfide) groups is 1. The summed E-state index contributed by atoms with van der Waals surface area (Å²) < 4.78 is 0. The van der Waals surface area contributed by atoms with E-state index >= 15 is 0 Å². The van der Waals surface area contributed by atoms with Crippen LogP contribution < -0.4 is 5.06 Å². The molecule has 1 amide bonds. The Morgan fingerprint density at radius 2 is 1.92 bits per heavy atom. The monoisotopic (exact) mass is 362 g/mol. The van der Waals surface area contributed by atoms with Gasteiger partial charge in [0, 0.05) is 39.8 Å². The summed E-state index contributed by atoms with van der Waals surface area (Å²) in [5, 5.41) is 20.2. The lowest BCUT2D eigenvalue weighted by Crippen LogP contribution is -2.48. The predicted octanol–water partition coefficient (Wildman–Crippen LogP) is 1.09. The molecule has 1 saturated heterocycles. The van der Waals surface area contributed by atoms with Gasteiger partial charge in [-0.15, -0.1) is 0 Å². The molecule has 3 rings (SSSR count). The summed E-state index contributed by atoms with van der Waals surface area (Å²) in [5.74, 6) is -0.207. The van der Waals surface area contributed by atoms with Crippen LogP contribution in [0.15, 0.2) is 34.2 Å². The molecule has 134 valence electrons. The first-order chi connectivity index (χ1) is 12.1. The normalized spacial score (nSPS) is 20.3. The van der Waals surface area contributed by atoms with E-state index in [2.05, 4.69) is 14.8 Å². The molecule has 2 aliphatic rings. The lowest BCUT2D eigenvalue weighted by atomic mass is 10.2. The van der Waals surface area contributed by atoms with Gasteiger partial charge < -0.3 is 10.0 Å². The highest BCUT2D eigenvalue weighted by atomic mass is 32.2. The van der Waals surface area contributed by atoms with Gasteiger partial charge >= 0.3 is 0 Å². The van der Waals surface area contributed by atoms with Crippen molar-refractivity contribution in [1.82, 2.24) is 9.80 Å². The maximum Gasteiger partial charge on any atom is 0.286 e. The van der Waals surface area contributed by atoms with Crippen LogP contribution in [0.25, 0.3) is 6.08 Å². The molecule has 0 radical (unpaired) electrons. The molecule has 0 saturated carbocycles. The van der Waals surface area contributed by atoms with Gasteiger partial charge in [0.1, 0.15) is 0 Å². The van der Waals surface area contributed by atoms with Gasteiger partial charge in [-0.2, -0.15) is 4.99 Å². The Labute approximate surface area is 151 Å². The fourth-order valence-corrected chi connectivity index (χ4v) is 3.74. The van der Waals surface area contributed by atoms with E-state index in [0.29, 0.717) is 17.1 Å². The van der Waals surface area contributed by atoms with Crippen LogP contribution in [-0.2, 0) is 4.79 Å². The predicted molar refractivity (Wildman–Crippen MR) is 99.7 cm³/mol. The summed E-state index contributed by atoms with van der Waals surface area (Å²) in [6, 6.07) is 7.29. The van der Waals surface area contributed by atoms with Crippen LogP contribution in [0.4, 0.5) is 5.69 Å². The minimum Gasteiger partial charge on any atom is -0.395 e. The number of hydroxylamine groups is 1. The van der Waals surface area contributed by atoms with Crippen LogP contribution >= 0.6 is 11.8 Å². The van der Waals surface area contributed by atoms with Crippen molar-refractivity contribution in [2.75, 3.05) is 51.4 Å². The first-order valence-electron chi connectivity index (χ1n) is 8.20. The molecule has 0 unspecified atom stereocenters. The number of carbonyl (C=O) groups is 1. The number of aliphatic imine (C=N–C) groups is 1. The summed E-state index contributed by atoms with van der Waals surface area (Å²) in [4.78, 5) is 21.3. The van der Waals surface area contributed by atoms with Gasteiger partial charge in [-0.25, -0.2) is 0 Å². The van der Waals surface area contributed by atoms with Gasteiger partial charge in [0.15, 0.2) is 5.17 Å². The molecule has 2 heterocycles. The van der Waals surface area contributed by atoms with Gasteiger partial charge in [-0.1, -0.05) is 12.1 Å². The van der Waals surface area contributed by atoms with Gasteiger partial charge in [-0.05, 0) is 35.5 Å². The fraction of sp³-hybridized carbons (Fsp3) is 0.412. The number of nitrogens with zero attached hydrogens (tertiary/aromatic N) is 4. The molecule has 0 bridgehead atoms. The van der Waals surface area contributed by atoms with Crippen LogP contribution in [0.5, 0.6) is 0 Å². The number of amides is 1. The maximum absolute atomic E-state index is 12.2. The Balaban J connectivity index is 1.62. The first-order valence-corrected chi connectivity index (χ1v) is 9.02. The highest BCUT2D eigenvalue weighted by Crippen LogP contribution is 2.30. The number of rotatable bonds is 4. The third-order valence-electron chi connectivity index (χ3n) is 4.23. The van der Waals surface area contributed by atoms with E-state index in [1.807, 2.05) is 18.2 Å². The second kappa shape index (κ2) is 8.01. The third-order valence-corrected chi connectivity index (χ3v) is 5.28. The summed E-state index contributed by atoms with van der Waals surface area (Å²) >= 11 is 1.40. The number of aliphatic hydroxyl groups excluding tert-OH is 1. The number of carbonyl (C=O) groups excluding carboxylic acids is 1. The smallest absolute Gasteiger partial charge is 0.286 e. The quantitative estimate of drug-likeness (QED) is 0.613. The van der Waals surface area contributed by atoms with Gasteiger partial charge in [0.2, 0.25) is 0 Å². The number of amidine groups is 1. The standard InChI is InChI=1S/C17H22N4O3S/c1-19(24)14-4-2-13(3-5-14)12-15-16(23)18-17(25-15)21-8-6-20(7-9-21)10-11-22/h2-5,12,22,24H,6-11H2,1H3/b15-12-. The largest absolute Gasteiger partial charge is 0.395 e. The second-order valence-electron chi connectivity index (χ2n) is 5.98. The van der Waals surface area contributed by atoms with E-state index in [-0.39, 0.29) is 12.5 Å². The highest BCUT2D eigenvalue weighted by Gasteiger charge is 2.28. The van der Waals surface area contributed by atoms with Crippen molar-refractivity contribution in [2.45, 2.75) is 0 Å². The molecule has 0 aliphatic carbocycles. The minimum atomic E-state index is -0.207. The van der Waals surface area contributed by atoms with Crippen molar-refractivity contribution in [3.8, 4) is 0 Å². The second-order valence-corrected chi connectivity index (χ2v) is 6.99. The van der Waals surface area contributed by atoms with Crippen molar-refractivity contribution in [2.24, 2.45) is 4.99 Å². The van der Waals surface area contributed by atoms with Crippen LogP contribution in [-0.4, -0.2) is 77.6 Å². The Kier molecular flexibility index (Phi) is 5.74. The number of β-amino-alcohol motifs (C(OH)–C–C–N with tert-alkyl or cyclic N) is 1. The number of hydrogen-bond acceptors (Lipinski definition) is 7. The highest BCUT2D eigenvalue weighted by molar-refractivity contribution is 8.18. The van der Waals surface area contributed by atoms with E-state index in [9.17, 15) is 10.0 Å². The zero-order valence-electron chi connectivity index (χ0n) is 14.1. The number of anilines is 1. The number of aliphatic hydroxyl groups is 1. The van der Waals surface area contributed by atoms with Crippen LogP contribution in [0.1, 0.15) is 5.56 Å². The van der Waals surface area contributed by atoms with Crippen molar-refractivity contribution in [1.29, 1.82) is 0 Å². The Hall–Kier alpha value is -1.87. The van der Waals surface area contributed by atoms with Crippen LogP contribution in [0.2, 0.25) is 0 Å². The summed E-state index contributed by atoms with van der Waals surface area (Å²) in [7, 11) is 1.56. The number of piperazine rings is 1. The molecular weight excluding hydrogens is 340 g/mol. The van der Waals surface area contributed by atoms with E-state index in [1.54, 1.807) is 19.2 Å². The van der Waals surface area contributed by atoms with Crippen LogP contribution in [0.3, 0.4) is 0 Å². The molecule has 1 fully saturated rings. The first kappa shape index (κ1) is 17.9. The summed E-state index contributed by atoms with van der Waals surface area (Å²) in [6.45, 7) is 4.21. The SMILES string of the molecule is CN(O)c1ccc(/C=C2\SC(N3CCN(CCO)CC3)=NC2=O)cc1. The van der Waals surface area contributed by atoms with Crippen LogP contribution in [0, 0.1) is 0 Å². The molecule has 2 aliphatic heterocycles. The van der Waals surface area contributed by atoms with E-state index in [1.165, 1.54) is 11.8 Å². The molecule has 8 heteroatoms. The Morgan fingerprint density at radius 3 is 2.52 bits per heavy atom. The molecule has 7 nitrogen and oxygen atoms in total. The molecular formula is C17H22N4O3S. The van der Waals surface area contributed by atoms with E-state index in [4.69, 9.17) is 5.11 Å². The van der Waals surface area contributed by atoms with Crippen molar-refractivity contribution >= 4 is 34.6 Å². The maximum atomic E-state index is 12.2. The molecule has 0 spiro atoms. The van der Waals surface area contributed by atoms with Crippen molar-refractivity contribution in [3.05, 3.63) is 34.7 Å². The zero-order chi connectivity index (χ0) is 17.8. The minimum absolute atomic E-state index is 0.173. The molecule has 0 aromatic heterocycles. The Bertz CT molecular complexity index is 680. The zero-order valence-corrected chi connectivity index (χ0v) is 14.9. The fourth-order valence-electron chi connectivity index (χ4n) is 2.78. The van der Waals surface area contributed by atoms with Gasteiger partial charge in [-0.3, -0.25) is 20.0 Å². The number of benzene rings is 1. The molecule has 2 N–H and O–H groups in total. The van der Waals surface area contributed by atoms with Crippen molar-refractivity contribution < 1.29 is 15.1 Å². The average Bonchev–Trinajstić information content (AvgIpc) is 2.97. The third kappa shape index (κ3) is 4.40. The molecule has 1 aromatic carbocycles. The summed E-state index contributed by atoms with van der Waals surface area (Å²) in [5.41, 5.74) is 1.58. The lowest BCUT2D eigenvalue weighted by Gasteiger charge is -2.34. The molecule has 25 heavy (non-hydrogen) atoms. The topological polar surface area (TPSA) is 79.6 Å². The lowest BCUT2D eigenvalue weighted by molar-refractivity contribution is -0.113. The Morgan fingerprint density at radius 1 is 1.24 bits per heavy atom. The van der Waals surface area contributed by atoms with E-state index < -0.39 is 0 Å². The van der Waals surface area contributed by atoms with Crippen molar-refractivity contribution in [3.63, 3.8) is 0 Å². The van der Waals surface area contributed by atoms with Gasteiger partial charge in [0.25, 0.3) is 5.91 Å². The summed E-state index contributed by atoms with van der Waals surface area (Å²) in [6.07, 6.45) is 1.83. The number of hydrogen-bond donors (Lipinski definition) is 2. The van der Waals surface area contributed by atoms with Gasteiger partial charge in [0.05, 0.1) is 17.2 Å². The molecule has 0 atom stereocenters.